The van der Waals surface area contributed by atoms with Crippen molar-refractivity contribution < 1.29 is 0 Å². The molecule has 0 spiro atoms. The lowest BCUT2D eigenvalue weighted by Gasteiger charge is -2.08. The van der Waals surface area contributed by atoms with Crippen LogP contribution in [-0.4, -0.2) is 22.0 Å². The molecular formula is C14H18N4. The lowest BCUT2D eigenvalue weighted by Crippen LogP contribution is -2.04. The number of anilines is 1. The summed E-state index contributed by atoms with van der Waals surface area (Å²) < 4.78 is 0. The van der Waals surface area contributed by atoms with E-state index in [-0.39, 0.29) is 0 Å². The molecule has 0 fully saturated rings. The minimum absolute atomic E-state index is 0.307. The summed E-state index contributed by atoms with van der Waals surface area (Å²) >= 11 is 0. The lowest BCUT2D eigenvalue weighted by molar-refractivity contribution is 0.750. The van der Waals surface area contributed by atoms with E-state index < -0.39 is 0 Å². The second-order valence-electron chi connectivity index (χ2n) is 4.55. The summed E-state index contributed by atoms with van der Waals surface area (Å²) in [5, 5.41) is 3.09. The lowest BCUT2D eigenvalue weighted by atomic mass is 10.1. The highest BCUT2D eigenvalue weighted by Gasteiger charge is 2.08. The van der Waals surface area contributed by atoms with Gasteiger partial charge < -0.3 is 5.32 Å². The average molecular weight is 242 g/mol. The summed E-state index contributed by atoms with van der Waals surface area (Å²) in [5.41, 5.74) is 2.09. The van der Waals surface area contributed by atoms with Crippen molar-refractivity contribution in [1.82, 2.24) is 15.0 Å². The van der Waals surface area contributed by atoms with Gasteiger partial charge in [0, 0.05) is 24.2 Å². The molecule has 0 saturated heterocycles. The summed E-state index contributed by atoms with van der Waals surface area (Å²) in [6.45, 7) is 6.07. The minimum atomic E-state index is 0.307. The van der Waals surface area contributed by atoms with Gasteiger partial charge in [0.1, 0.15) is 11.6 Å². The van der Waals surface area contributed by atoms with Crippen molar-refractivity contribution in [2.24, 2.45) is 0 Å². The van der Waals surface area contributed by atoms with Gasteiger partial charge in [-0.3, -0.25) is 0 Å². The molecule has 0 aliphatic heterocycles. The smallest absolute Gasteiger partial charge is 0.163 e. The minimum Gasteiger partial charge on any atom is -0.388 e. The van der Waals surface area contributed by atoms with E-state index in [1.54, 1.807) is 0 Å². The van der Waals surface area contributed by atoms with Gasteiger partial charge in [-0.1, -0.05) is 13.8 Å². The van der Waals surface area contributed by atoms with Gasteiger partial charge in [-0.05, 0) is 31.2 Å². The van der Waals surface area contributed by atoms with Crippen LogP contribution in [0.4, 0.5) is 5.69 Å². The molecule has 1 heterocycles. The molecule has 0 saturated carbocycles. The largest absolute Gasteiger partial charge is 0.388 e. The number of nitrogens with one attached hydrogen (secondary N) is 1. The first-order valence-electron chi connectivity index (χ1n) is 6.11. The van der Waals surface area contributed by atoms with Crippen LogP contribution in [0.2, 0.25) is 0 Å². The van der Waals surface area contributed by atoms with Crippen LogP contribution in [0.25, 0.3) is 11.4 Å². The van der Waals surface area contributed by atoms with Crippen molar-refractivity contribution in [1.29, 1.82) is 0 Å². The number of nitrogens with zero attached hydrogens (tertiary/aromatic N) is 3. The zero-order chi connectivity index (χ0) is 13.1. The van der Waals surface area contributed by atoms with Crippen molar-refractivity contribution in [3.63, 3.8) is 0 Å². The highest BCUT2D eigenvalue weighted by molar-refractivity contribution is 5.59. The number of hydrogen-bond donors (Lipinski definition) is 1. The summed E-state index contributed by atoms with van der Waals surface area (Å²) in [6, 6.07) is 8.07. The molecule has 0 atom stereocenters. The third-order valence-corrected chi connectivity index (χ3v) is 2.71. The Morgan fingerprint density at radius 2 is 1.67 bits per heavy atom. The Hall–Kier alpha value is -1.97. The van der Waals surface area contributed by atoms with Crippen LogP contribution in [0.1, 0.15) is 31.4 Å². The molecule has 94 valence electrons. The number of benzene rings is 1. The number of rotatable bonds is 3. The van der Waals surface area contributed by atoms with Gasteiger partial charge in [0.15, 0.2) is 5.82 Å². The number of hydrogen-bond acceptors (Lipinski definition) is 4. The molecule has 4 nitrogen and oxygen atoms in total. The monoisotopic (exact) mass is 242 g/mol. The van der Waals surface area contributed by atoms with E-state index in [1.807, 2.05) is 38.2 Å². The fraction of sp³-hybridized carbons (Fsp3) is 0.357. The molecular weight excluding hydrogens is 224 g/mol. The van der Waals surface area contributed by atoms with E-state index in [9.17, 15) is 0 Å². The number of aryl methyl sites for hydroxylation is 1. The molecule has 0 radical (unpaired) electrons. The molecule has 0 aliphatic carbocycles. The van der Waals surface area contributed by atoms with Crippen molar-refractivity contribution in [2.75, 3.05) is 12.4 Å². The second kappa shape index (κ2) is 5.12. The zero-order valence-corrected chi connectivity index (χ0v) is 11.2. The van der Waals surface area contributed by atoms with Gasteiger partial charge in [0.25, 0.3) is 0 Å². The molecule has 1 N–H and O–H groups in total. The number of aromatic nitrogens is 3. The van der Waals surface area contributed by atoms with Crippen LogP contribution < -0.4 is 5.32 Å². The van der Waals surface area contributed by atoms with Gasteiger partial charge in [0.05, 0.1) is 0 Å². The summed E-state index contributed by atoms with van der Waals surface area (Å²) in [4.78, 5) is 13.3. The van der Waals surface area contributed by atoms with Crippen molar-refractivity contribution in [2.45, 2.75) is 26.7 Å². The SMILES string of the molecule is CNc1ccc(-c2nc(C)nc(C(C)C)n2)cc1. The van der Waals surface area contributed by atoms with Crippen LogP contribution in [-0.2, 0) is 0 Å². The standard InChI is InChI=1S/C14H18N4/c1-9(2)13-16-10(3)17-14(18-13)11-5-7-12(15-4)8-6-11/h5-9,15H,1-4H3. The normalized spacial score (nSPS) is 10.7. The molecule has 18 heavy (non-hydrogen) atoms. The van der Waals surface area contributed by atoms with Gasteiger partial charge >= 0.3 is 0 Å². The first-order chi connectivity index (χ1) is 8.60. The third kappa shape index (κ3) is 2.64. The summed E-state index contributed by atoms with van der Waals surface area (Å²) in [6.07, 6.45) is 0. The van der Waals surface area contributed by atoms with Gasteiger partial charge in [-0.15, -0.1) is 0 Å². The Kier molecular flexibility index (Phi) is 3.55. The Bertz CT molecular complexity index is 532. The highest BCUT2D eigenvalue weighted by atomic mass is 15.0. The van der Waals surface area contributed by atoms with Gasteiger partial charge in [-0.25, -0.2) is 15.0 Å². The maximum Gasteiger partial charge on any atom is 0.163 e. The Morgan fingerprint density at radius 1 is 1.00 bits per heavy atom. The molecule has 1 aromatic carbocycles. The molecule has 1 aromatic heterocycles. The first kappa shape index (κ1) is 12.5. The fourth-order valence-corrected chi connectivity index (χ4v) is 1.68. The van der Waals surface area contributed by atoms with Gasteiger partial charge in [-0.2, -0.15) is 0 Å². The Balaban J connectivity index is 2.42. The molecule has 2 rings (SSSR count). The van der Waals surface area contributed by atoms with Crippen LogP contribution in [0, 0.1) is 6.92 Å². The first-order valence-corrected chi connectivity index (χ1v) is 6.11. The van der Waals surface area contributed by atoms with Crippen LogP contribution in [0.3, 0.4) is 0 Å². The van der Waals surface area contributed by atoms with E-state index in [2.05, 4.69) is 34.1 Å². The van der Waals surface area contributed by atoms with Crippen LogP contribution >= 0.6 is 0 Å². The van der Waals surface area contributed by atoms with E-state index in [0.717, 1.165) is 28.7 Å². The third-order valence-electron chi connectivity index (χ3n) is 2.71. The molecule has 2 aromatic rings. The van der Waals surface area contributed by atoms with Crippen molar-refractivity contribution in [3.05, 3.63) is 35.9 Å². The average Bonchev–Trinajstić information content (AvgIpc) is 2.38. The topological polar surface area (TPSA) is 50.7 Å². The molecule has 0 amide bonds. The molecule has 0 unspecified atom stereocenters. The predicted molar refractivity (Wildman–Crippen MR) is 73.6 cm³/mol. The van der Waals surface area contributed by atoms with E-state index in [0.29, 0.717) is 5.92 Å². The quantitative estimate of drug-likeness (QED) is 0.898. The maximum absolute atomic E-state index is 4.52. The fourth-order valence-electron chi connectivity index (χ4n) is 1.68. The molecule has 4 heteroatoms. The van der Waals surface area contributed by atoms with Crippen molar-refractivity contribution in [3.8, 4) is 11.4 Å². The molecule has 0 bridgehead atoms. The van der Waals surface area contributed by atoms with E-state index >= 15 is 0 Å². The summed E-state index contributed by atoms with van der Waals surface area (Å²) in [5.74, 6) is 2.66. The van der Waals surface area contributed by atoms with Crippen LogP contribution in [0.15, 0.2) is 24.3 Å². The van der Waals surface area contributed by atoms with Crippen molar-refractivity contribution >= 4 is 5.69 Å². The van der Waals surface area contributed by atoms with E-state index in [4.69, 9.17) is 0 Å². The predicted octanol–water partition coefficient (Wildman–Crippen LogP) is 3.01. The highest BCUT2D eigenvalue weighted by Crippen LogP contribution is 2.19. The van der Waals surface area contributed by atoms with Gasteiger partial charge in [0.2, 0.25) is 0 Å². The van der Waals surface area contributed by atoms with E-state index in [1.165, 1.54) is 0 Å². The molecule has 0 aliphatic rings. The summed E-state index contributed by atoms with van der Waals surface area (Å²) in [7, 11) is 1.90. The Labute approximate surface area is 108 Å². The maximum atomic E-state index is 4.52. The Morgan fingerprint density at radius 3 is 2.22 bits per heavy atom. The van der Waals surface area contributed by atoms with Crippen LogP contribution in [0.5, 0.6) is 0 Å². The second-order valence-corrected chi connectivity index (χ2v) is 4.55. The zero-order valence-electron chi connectivity index (χ0n) is 11.2.